The van der Waals surface area contributed by atoms with Crippen molar-refractivity contribution in [2.24, 2.45) is 33.7 Å². The normalized spacial score (nSPS) is 41.4. The summed E-state index contributed by atoms with van der Waals surface area (Å²) in [6.45, 7) is 5.86. The molecule has 0 spiro atoms. The Labute approximate surface area is 184 Å². The van der Waals surface area contributed by atoms with Crippen LogP contribution >= 0.6 is 0 Å². The zero-order valence-electron chi connectivity index (χ0n) is 18.9. The summed E-state index contributed by atoms with van der Waals surface area (Å²) in [6.07, 6.45) is 10.6. The minimum atomic E-state index is -1.08. The fraction of sp³-hybridized carbons (Fsp3) is 0.792. The molecule has 3 saturated carbocycles. The zero-order valence-corrected chi connectivity index (χ0v) is 18.9. The van der Waals surface area contributed by atoms with E-state index in [0.29, 0.717) is 17.8 Å². The van der Waals surface area contributed by atoms with Gasteiger partial charge in [-0.3, -0.25) is 9.59 Å². The maximum atomic E-state index is 11.8. The lowest BCUT2D eigenvalue weighted by Gasteiger charge is -2.57. The smallest absolute Gasteiger partial charge is 0.325 e. The summed E-state index contributed by atoms with van der Waals surface area (Å²) in [7, 11) is 0. The molecule has 0 saturated heterocycles. The van der Waals surface area contributed by atoms with E-state index in [0.717, 1.165) is 44.2 Å². The highest BCUT2D eigenvalue weighted by Gasteiger charge is 2.58. The van der Waals surface area contributed by atoms with Crippen molar-refractivity contribution < 1.29 is 24.6 Å². The number of aliphatic hydroxyl groups is 1. The molecule has 0 unspecified atom stereocenters. The second-order valence-corrected chi connectivity index (χ2v) is 10.6. The van der Waals surface area contributed by atoms with Crippen LogP contribution in [0.3, 0.4) is 0 Å². The predicted molar refractivity (Wildman–Crippen MR) is 116 cm³/mol. The van der Waals surface area contributed by atoms with E-state index in [-0.39, 0.29) is 23.5 Å². The summed E-state index contributed by atoms with van der Waals surface area (Å²) in [5.74, 6) is 0.442. The highest BCUT2D eigenvalue weighted by Crippen LogP contribution is 2.65. The molecule has 0 aromatic carbocycles. The molecule has 3 N–H and O–H groups in total. The first-order chi connectivity index (χ1) is 14.6. The monoisotopic (exact) mass is 432 g/mol. The highest BCUT2D eigenvalue weighted by molar-refractivity contribution is 5.96. The molecule has 7 nitrogen and oxygen atoms in total. The van der Waals surface area contributed by atoms with Gasteiger partial charge in [0, 0.05) is 0 Å². The van der Waals surface area contributed by atoms with Gasteiger partial charge in [0.15, 0.2) is 6.61 Å². The number of fused-ring (bicyclic) bond motifs is 5. The first-order valence-electron chi connectivity index (χ1n) is 11.8. The Kier molecular flexibility index (Phi) is 5.92. The number of carboxylic acids is 1. The zero-order chi connectivity index (χ0) is 22.4. The summed E-state index contributed by atoms with van der Waals surface area (Å²) in [4.78, 5) is 27.8. The highest BCUT2D eigenvalue weighted by atomic mass is 16.6. The Hall–Kier alpha value is -1.89. The number of allylic oxidation sites excluding steroid dienone is 2. The van der Waals surface area contributed by atoms with Gasteiger partial charge in [0.25, 0.3) is 5.91 Å². The summed E-state index contributed by atoms with van der Waals surface area (Å²) < 4.78 is 0. The Balaban J connectivity index is 1.41. The molecule has 4 aliphatic carbocycles. The Bertz CT molecular complexity index is 808. The molecule has 4 rings (SSSR count). The van der Waals surface area contributed by atoms with Crippen LogP contribution < -0.4 is 5.32 Å². The number of hydrogen-bond acceptors (Lipinski definition) is 5. The average Bonchev–Trinajstić information content (AvgIpc) is 3.02. The van der Waals surface area contributed by atoms with Crippen LogP contribution in [0.5, 0.6) is 0 Å². The van der Waals surface area contributed by atoms with Crippen LogP contribution in [-0.2, 0) is 14.4 Å². The lowest BCUT2D eigenvalue weighted by molar-refractivity contribution is -0.142. The van der Waals surface area contributed by atoms with E-state index in [4.69, 9.17) is 9.94 Å². The van der Waals surface area contributed by atoms with Gasteiger partial charge in [0.05, 0.1) is 11.8 Å². The number of nitrogens with zero attached hydrogens (tertiary/aromatic N) is 1. The minimum absolute atomic E-state index is 0.104. The van der Waals surface area contributed by atoms with E-state index >= 15 is 0 Å². The number of carbonyl (C=O) groups is 2. The van der Waals surface area contributed by atoms with E-state index in [1.54, 1.807) is 0 Å². The molecule has 172 valence electrons. The second kappa shape index (κ2) is 8.23. The number of aliphatic hydroxyl groups excluding tert-OH is 1. The summed E-state index contributed by atoms with van der Waals surface area (Å²) in [5, 5.41) is 26.0. The van der Waals surface area contributed by atoms with Crippen molar-refractivity contribution in [3.05, 3.63) is 11.6 Å². The fourth-order valence-electron chi connectivity index (χ4n) is 7.13. The van der Waals surface area contributed by atoms with Crippen LogP contribution in [0, 0.1) is 28.6 Å². The number of amides is 1. The van der Waals surface area contributed by atoms with E-state index < -0.39 is 17.9 Å². The number of carbonyl (C=O) groups excluding carboxylic acids is 1. The maximum absolute atomic E-state index is 11.8. The van der Waals surface area contributed by atoms with Crippen molar-refractivity contribution in [1.29, 1.82) is 0 Å². The molecule has 0 bridgehead atoms. The Morgan fingerprint density at radius 1 is 1.19 bits per heavy atom. The molecule has 7 atom stereocenters. The van der Waals surface area contributed by atoms with E-state index in [2.05, 4.69) is 30.4 Å². The van der Waals surface area contributed by atoms with E-state index in [1.165, 1.54) is 25.3 Å². The van der Waals surface area contributed by atoms with Crippen molar-refractivity contribution in [2.75, 3.05) is 6.61 Å². The van der Waals surface area contributed by atoms with Gasteiger partial charge in [-0.15, -0.1) is 0 Å². The molecule has 0 aromatic rings. The molecule has 0 radical (unpaired) electrons. The van der Waals surface area contributed by atoms with Crippen LogP contribution in [0.4, 0.5) is 0 Å². The Morgan fingerprint density at radius 3 is 2.71 bits per heavy atom. The van der Waals surface area contributed by atoms with Gasteiger partial charge in [0.1, 0.15) is 6.04 Å². The number of carboxylic acid groups (broad SMARTS) is 1. The summed E-state index contributed by atoms with van der Waals surface area (Å²) >= 11 is 0. The van der Waals surface area contributed by atoms with Crippen LogP contribution in [0.1, 0.15) is 72.1 Å². The summed E-state index contributed by atoms with van der Waals surface area (Å²) in [6, 6.07) is -0.949. The molecule has 3 fully saturated rings. The fourth-order valence-corrected chi connectivity index (χ4v) is 7.13. The molecule has 1 amide bonds. The van der Waals surface area contributed by atoms with Gasteiger partial charge < -0.3 is 20.4 Å². The number of oxime groups is 1. The third-order valence-corrected chi connectivity index (χ3v) is 9.05. The number of rotatable bonds is 5. The van der Waals surface area contributed by atoms with E-state index in [1.807, 2.05) is 0 Å². The van der Waals surface area contributed by atoms with Gasteiger partial charge in [-0.25, -0.2) is 0 Å². The largest absolute Gasteiger partial charge is 0.480 e. The van der Waals surface area contributed by atoms with Gasteiger partial charge in [-0.05, 0) is 93.0 Å². The van der Waals surface area contributed by atoms with Crippen LogP contribution in [0.25, 0.3) is 0 Å². The molecule has 31 heavy (non-hydrogen) atoms. The van der Waals surface area contributed by atoms with Crippen LogP contribution in [0.2, 0.25) is 0 Å². The van der Waals surface area contributed by atoms with Crippen molar-refractivity contribution >= 4 is 17.6 Å². The SMILES string of the molecule is C[C@H](NC(=O)CON=C1C=C2CC[C@H]3[C@@H]4CC[C@@H](O)[C@@]4(C)CC[C@@H]3[C@@]2(C)CC1)C(=O)O. The molecule has 7 heteroatoms. The standard InChI is InChI=1S/C24H36N2O5/c1-14(22(29)30)25-21(28)13-31-26-16-8-10-23(2)15(12-16)4-5-17-18-6-7-20(27)24(18,3)11-9-19(17)23/h12,14,17-20,27H,4-11,13H2,1-3H3,(H,25,28)(H,29,30)/t14-,17-,18-,19-,20+,23-,24-/m0/s1. The van der Waals surface area contributed by atoms with Gasteiger partial charge in [-0.1, -0.05) is 24.6 Å². The lowest BCUT2D eigenvalue weighted by Crippen LogP contribution is -2.51. The molecular weight excluding hydrogens is 396 g/mol. The van der Waals surface area contributed by atoms with Gasteiger partial charge in [0.2, 0.25) is 0 Å². The third-order valence-electron chi connectivity index (χ3n) is 9.05. The first kappa shape index (κ1) is 22.3. The van der Waals surface area contributed by atoms with Crippen LogP contribution in [-0.4, -0.2) is 46.6 Å². The van der Waals surface area contributed by atoms with Gasteiger partial charge in [-0.2, -0.15) is 0 Å². The Morgan fingerprint density at radius 2 is 1.97 bits per heavy atom. The van der Waals surface area contributed by atoms with Crippen molar-refractivity contribution in [1.82, 2.24) is 5.32 Å². The molecule has 0 heterocycles. The molecular formula is C24H36N2O5. The molecule has 0 aromatic heterocycles. The number of hydrogen-bond donors (Lipinski definition) is 3. The topological polar surface area (TPSA) is 108 Å². The minimum Gasteiger partial charge on any atom is -0.480 e. The van der Waals surface area contributed by atoms with Crippen LogP contribution in [0.15, 0.2) is 16.8 Å². The summed E-state index contributed by atoms with van der Waals surface area (Å²) in [5.41, 5.74) is 2.60. The number of aliphatic carboxylic acids is 1. The second-order valence-electron chi connectivity index (χ2n) is 10.6. The average molecular weight is 433 g/mol. The quantitative estimate of drug-likeness (QED) is 0.578. The number of nitrogens with one attached hydrogen (secondary N) is 1. The molecule has 4 aliphatic rings. The van der Waals surface area contributed by atoms with Gasteiger partial charge >= 0.3 is 5.97 Å². The predicted octanol–water partition coefficient (Wildman–Crippen LogP) is 3.27. The van der Waals surface area contributed by atoms with E-state index in [9.17, 15) is 14.7 Å². The van der Waals surface area contributed by atoms with Crippen molar-refractivity contribution in [2.45, 2.75) is 84.3 Å². The maximum Gasteiger partial charge on any atom is 0.325 e. The van der Waals surface area contributed by atoms with Crippen molar-refractivity contribution in [3.63, 3.8) is 0 Å². The first-order valence-corrected chi connectivity index (χ1v) is 11.8. The molecule has 0 aliphatic heterocycles. The third kappa shape index (κ3) is 3.90. The van der Waals surface area contributed by atoms with Crippen molar-refractivity contribution in [3.8, 4) is 0 Å². The lowest BCUT2D eigenvalue weighted by atomic mass is 9.47.